The second kappa shape index (κ2) is 27.5. The van der Waals surface area contributed by atoms with Gasteiger partial charge in [0.05, 0.1) is 17.3 Å². The zero-order valence-electron chi connectivity index (χ0n) is 41.5. The number of para-hydroxylation sites is 1. The number of aliphatic hydroxyl groups is 1. The van der Waals surface area contributed by atoms with Crippen LogP contribution in [-0.2, 0) is 32.1 Å². The molecule has 3 amide bonds. The molecular formula is C54H56F6N6O11. The van der Waals surface area contributed by atoms with E-state index in [0.29, 0.717) is 72.2 Å². The topological polar surface area (TPSA) is 251 Å². The summed E-state index contributed by atoms with van der Waals surface area (Å²) in [7, 11) is 1.74. The van der Waals surface area contributed by atoms with Crippen molar-refractivity contribution >= 4 is 52.1 Å². The molecule has 17 nitrogen and oxygen atoms in total. The number of nitrogens with zero attached hydrogens (tertiary/aromatic N) is 2. The van der Waals surface area contributed by atoms with Gasteiger partial charge in [-0.2, -0.15) is 26.3 Å². The average molecular weight is 1080 g/mol. The molecule has 0 aliphatic carbocycles. The molecule has 1 saturated heterocycles. The number of piperidine rings is 1. The number of aliphatic carboxylic acids is 2. The minimum absolute atomic E-state index is 0.0192. The van der Waals surface area contributed by atoms with Gasteiger partial charge in [0.15, 0.2) is 0 Å². The molecule has 0 spiro atoms. The molecule has 2 atom stereocenters. The number of fused-ring (bicyclic) bond motifs is 1. The molecule has 0 bridgehead atoms. The Morgan fingerprint density at radius 1 is 0.792 bits per heavy atom. The number of alkyl halides is 6. The highest BCUT2D eigenvalue weighted by Gasteiger charge is 2.39. The second-order valence-electron chi connectivity index (χ2n) is 17.7. The number of aromatic hydroxyl groups is 1. The first-order valence-electron chi connectivity index (χ1n) is 23.8. The molecule has 1 fully saturated rings. The number of phenols is 1. The molecule has 8 N–H and O–H groups in total. The maximum atomic E-state index is 13.2. The smallest absolute Gasteiger partial charge is 0.490 e. The van der Waals surface area contributed by atoms with E-state index in [2.05, 4.69) is 25.8 Å². The number of aromatic nitrogens is 1. The Morgan fingerprint density at radius 3 is 2.04 bits per heavy atom. The van der Waals surface area contributed by atoms with Crippen LogP contribution in [0.25, 0.3) is 22.0 Å². The van der Waals surface area contributed by atoms with Crippen molar-refractivity contribution in [2.45, 2.75) is 69.8 Å². The van der Waals surface area contributed by atoms with Crippen LogP contribution >= 0.6 is 0 Å². The zero-order valence-corrected chi connectivity index (χ0v) is 41.5. The lowest BCUT2D eigenvalue weighted by Crippen LogP contribution is -2.40. The van der Waals surface area contributed by atoms with E-state index in [1.54, 1.807) is 48.3 Å². The fourth-order valence-corrected chi connectivity index (χ4v) is 7.95. The minimum Gasteiger partial charge on any atom is -0.506 e. The third kappa shape index (κ3) is 18.5. The highest BCUT2D eigenvalue weighted by atomic mass is 19.4. The van der Waals surface area contributed by atoms with Gasteiger partial charge >= 0.3 is 30.4 Å². The molecule has 7 rings (SSSR count). The van der Waals surface area contributed by atoms with Gasteiger partial charge in [-0.3, -0.25) is 19.7 Å². The Hall–Kier alpha value is -8.28. The van der Waals surface area contributed by atoms with Crippen molar-refractivity contribution in [1.29, 1.82) is 0 Å². The number of H-pyrrole nitrogens is 1. The number of carbonyl (C=O) groups is 5. The number of hydrogen-bond donors (Lipinski definition) is 8. The van der Waals surface area contributed by atoms with Crippen LogP contribution in [0, 0.1) is 0 Å². The number of nitrogens with one attached hydrogen (secondary N) is 4. The highest BCUT2D eigenvalue weighted by molar-refractivity contribution is 5.96. The van der Waals surface area contributed by atoms with Gasteiger partial charge in [-0.1, -0.05) is 78.9 Å². The first kappa shape index (κ1) is 59.6. The second-order valence-corrected chi connectivity index (χ2v) is 17.7. The third-order valence-corrected chi connectivity index (χ3v) is 12.0. The number of carboxylic acid groups (broad SMARTS) is 2. The molecule has 410 valence electrons. The van der Waals surface area contributed by atoms with Crippen molar-refractivity contribution in [2.24, 2.45) is 0 Å². The van der Waals surface area contributed by atoms with Gasteiger partial charge < -0.3 is 50.6 Å². The maximum absolute atomic E-state index is 13.2. The fourth-order valence-electron chi connectivity index (χ4n) is 7.95. The number of aliphatic hydroxyl groups excluding tert-OH is 1. The fraction of sp³-hybridized carbons (Fsp3) is 0.296. The molecule has 6 aromatic rings. The van der Waals surface area contributed by atoms with E-state index in [1.165, 1.54) is 12.1 Å². The van der Waals surface area contributed by atoms with Crippen LogP contribution in [0.3, 0.4) is 0 Å². The molecular weight excluding hydrogens is 1020 g/mol. The quantitative estimate of drug-likeness (QED) is 0.0425. The number of carboxylic acids is 2. The first-order chi connectivity index (χ1) is 36.4. The van der Waals surface area contributed by atoms with Crippen LogP contribution in [-0.4, -0.2) is 118 Å². The third-order valence-electron chi connectivity index (χ3n) is 12.0. The average Bonchev–Trinajstić information content (AvgIpc) is 3.40. The van der Waals surface area contributed by atoms with Crippen LogP contribution in [0.4, 0.5) is 42.5 Å². The lowest BCUT2D eigenvalue weighted by Gasteiger charge is -2.31. The van der Waals surface area contributed by atoms with Crippen molar-refractivity contribution in [3.8, 4) is 16.9 Å². The van der Waals surface area contributed by atoms with Crippen LogP contribution in [0.5, 0.6) is 5.75 Å². The van der Waals surface area contributed by atoms with Crippen LogP contribution in [0.2, 0.25) is 0 Å². The number of carbonyl (C=O) groups excluding carboxylic acids is 3. The van der Waals surface area contributed by atoms with E-state index >= 15 is 0 Å². The van der Waals surface area contributed by atoms with E-state index in [0.717, 1.165) is 35.3 Å². The molecule has 2 heterocycles. The first-order valence-corrected chi connectivity index (χ1v) is 23.8. The Morgan fingerprint density at radius 2 is 1.40 bits per heavy atom. The van der Waals surface area contributed by atoms with Crippen molar-refractivity contribution < 1.29 is 75.5 Å². The number of pyridine rings is 1. The summed E-state index contributed by atoms with van der Waals surface area (Å²) in [5.41, 5.74) is 6.39. The van der Waals surface area contributed by atoms with E-state index in [-0.39, 0.29) is 41.8 Å². The molecule has 77 heavy (non-hydrogen) atoms. The molecule has 0 unspecified atom stereocenters. The van der Waals surface area contributed by atoms with Crippen LogP contribution in [0.15, 0.2) is 132 Å². The van der Waals surface area contributed by atoms with Gasteiger partial charge in [-0.25, -0.2) is 14.4 Å². The number of aromatic amines is 1. The van der Waals surface area contributed by atoms with Gasteiger partial charge in [0.2, 0.25) is 11.5 Å². The van der Waals surface area contributed by atoms with E-state index < -0.39 is 36.5 Å². The van der Waals surface area contributed by atoms with Crippen molar-refractivity contribution in [2.75, 3.05) is 43.4 Å². The maximum Gasteiger partial charge on any atom is 0.490 e. The summed E-state index contributed by atoms with van der Waals surface area (Å²) in [5.74, 6) is -5.83. The Bertz CT molecular complexity index is 3000. The zero-order chi connectivity index (χ0) is 56.5. The van der Waals surface area contributed by atoms with Crippen LogP contribution < -0.4 is 26.4 Å². The minimum atomic E-state index is -5.08. The Kier molecular flexibility index (Phi) is 21.3. The summed E-state index contributed by atoms with van der Waals surface area (Å²) in [6.45, 7) is 4.67. The Labute approximate surface area is 437 Å². The number of phenolic OH excluding ortho intramolecular Hbond substituents is 1. The number of benzene rings is 5. The number of amides is 3. The van der Waals surface area contributed by atoms with Gasteiger partial charge in [-0.15, -0.1) is 0 Å². The molecule has 5 aromatic carbocycles. The summed E-state index contributed by atoms with van der Waals surface area (Å²) in [5, 5.41) is 45.2. The number of likely N-dealkylation sites (tertiary alicyclic amines) is 1. The van der Waals surface area contributed by atoms with E-state index in [9.17, 15) is 55.7 Å². The lowest BCUT2D eigenvalue weighted by molar-refractivity contribution is -0.193. The predicted molar refractivity (Wildman–Crippen MR) is 273 cm³/mol. The molecule has 23 heteroatoms. The van der Waals surface area contributed by atoms with E-state index in [4.69, 9.17) is 24.5 Å². The van der Waals surface area contributed by atoms with E-state index in [1.807, 2.05) is 85.8 Å². The normalized spacial score (nSPS) is 13.6. The van der Waals surface area contributed by atoms with Crippen LogP contribution in [0.1, 0.15) is 59.3 Å². The monoisotopic (exact) mass is 1080 g/mol. The molecule has 0 saturated carbocycles. The lowest BCUT2D eigenvalue weighted by atomic mass is 10.0. The molecule has 1 aliphatic heterocycles. The molecule has 0 radical (unpaired) electrons. The van der Waals surface area contributed by atoms with Crippen molar-refractivity contribution in [3.05, 3.63) is 160 Å². The summed E-state index contributed by atoms with van der Waals surface area (Å²) in [6, 6.07) is 38.6. The molecule has 1 aromatic heterocycles. The largest absolute Gasteiger partial charge is 0.506 e. The molecule has 1 aliphatic rings. The van der Waals surface area contributed by atoms with Crippen molar-refractivity contribution in [3.63, 3.8) is 0 Å². The number of rotatable bonds is 16. The summed E-state index contributed by atoms with van der Waals surface area (Å²) < 4.78 is 69.2. The number of anilines is 2. The number of hydrogen-bond acceptors (Lipinski definition) is 11. The number of ether oxygens (including phenoxy) is 1. The van der Waals surface area contributed by atoms with Gasteiger partial charge in [0, 0.05) is 80.5 Å². The summed E-state index contributed by atoms with van der Waals surface area (Å²) >= 11 is 0. The SMILES string of the molecule is C[C@@H](Cc1cccc(CNC(=O)c2ccc(N(C)C(=O)CCN3CCC(OC(=O)Nc4ccccc4-c4ccccc4)CC3)cc2)c1)NC[C@H](O)c1ccc(O)c2[nH]c(=O)ccc12.O=C(O)C(F)(F)F.O=C(O)C(F)(F)F. The van der Waals surface area contributed by atoms with Gasteiger partial charge in [-0.05, 0) is 90.9 Å². The summed E-state index contributed by atoms with van der Waals surface area (Å²) in [4.78, 5) is 75.1. The predicted octanol–water partition coefficient (Wildman–Crippen LogP) is 8.42. The highest BCUT2D eigenvalue weighted by Crippen LogP contribution is 2.30. The van der Waals surface area contributed by atoms with Crippen molar-refractivity contribution in [1.82, 2.24) is 20.5 Å². The van der Waals surface area contributed by atoms with Gasteiger partial charge in [0.1, 0.15) is 11.9 Å². The Balaban J connectivity index is 0.000000688. The van der Waals surface area contributed by atoms with Gasteiger partial charge in [0.25, 0.3) is 5.91 Å². The standard InChI is InChI=1S/C50H54N6O7.2C2HF3O2/c1-33(51-32-45(58)41-19-21-44(57)48-42(41)20-22-46(59)54-48)29-34-9-8-10-35(30-34)31-52-49(61)37-15-17-38(18-16-37)55(2)47(60)25-28-56-26-23-39(24-27-56)63-50(62)53-43-14-7-6-13-40(43)36-11-4-3-5-12-36;2*3-2(4,5)1(6)7/h3-22,30,33,39,45,51,57-58H,23-29,31-32H2,1-2H3,(H,52,61)(H,53,62)(H,54,59);2*(H,6,7)/t33-,45-;;/m0../s1. The number of halogens is 6. The summed E-state index contributed by atoms with van der Waals surface area (Å²) in [6.07, 6.45) is -9.32.